The standard InChI is InChI=1S/C13H14FN3O3/c1-7(18)11(15)13-17-10(6-20-13)12(19)16-9-4-2-8(14)3-5-9/h2-7,11,18H,15H2,1H3,(H,16,19). The summed E-state index contributed by atoms with van der Waals surface area (Å²) >= 11 is 0. The van der Waals surface area contributed by atoms with Crippen LogP contribution in [0.3, 0.4) is 0 Å². The lowest BCUT2D eigenvalue weighted by Gasteiger charge is -2.09. The molecule has 6 nitrogen and oxygen atoms in total. The molecule has 1 amide bonds. The third kappa shape index (κ3) is 3.19. The predicted octanol–water partition coefficient (Wildman–Crippen LogP) is 1.45. The summed E-state index contributed by atoms with van der Waals surface area (Å²) in [4.78, 5) is 15.8. The number of hydrogen-bond acceptors (Lipinski definition) is 5. The van der Waals surface area contributed by atoms with Crippen molar-refractivity contribution in [3.63, 3.8) is 0 Å². The van der Waals surface area contributed by atoms with Gasteiger partial charge in [-0.3, -0.25) is 4.79 Å². The summed E-state index contributed by atoms with van der Waals surface area (Å²) in [5.41, 5.74) is 6.10. The molecule has 1 aromatic carbocycles. The Labute approximate surface area is 114 Å². The monoisotopic (exact) mass is 279 g/mol. The highest BCUT2D eigenvalue weighted by molar-refractivity contribution is 6.02. The van der Waals surface area contributed by atoms with Crippen LogP contribution in [0.1, 0.15) is 29.3 Å². The number of nitrogens with two attached hydrogens (primary N) is 1. The van der Waals surface area contributed by atoms with Crippen molar-refractivity contribution in [2.75, 3.05) is 5.32 Å². The molecule has 0 radical (unpaired) electrons. The van der Waals surface area contributed by atoms with Crippen molar-refractivity contribution in [3.05, 3.63) is 47.9 Å². The van der Waals surface area contributed by atoms with E-state index in [0.717, 1.165) is 6.26 Å². The zero-order valence-electron chi connectivity index (χ0n) is 10.7. The SMILES string of the molecule is CC(O)C(N)c1nc(C(=O)Nc2ccc(F)cc2)co1. The Kier molecular flexibility index (Phi) is 4.11. The number of benzene rings is 1. The highest BCUT2D eigenvalue weighted by Gasteiger charge is 2.20. The van der Waals surface area contributed by atoms with Gasteiger partial charge in [-0.1, -0.05) is 0 Å². The average molecular weight is 279 g/mol. The molecule has 0 fully saturated rings. The fraction of sp³-hybridized carbons (Fsp3) is 0.231. The van der Waals surface area contributed by atoms with Gasteiger partial charge in [-0.2, -0.15) is 0 Å². The van der Waals surface area contributed by atoms with E-state index in [1.165, 1.54) is 31.2 Å². The van der Waals surface area contributed by atoms with Crippen LogP contribution >= 0.6 is 0 Å². The number of aliphatic hydroxyl groups excluding tert-OH is 1. The van der Waals surface area contributed by atoms with E-state index in [0.29, 0.717) is 5.69 Å². The van der Waals surface area contributed by atoms with Gasteiger partial charge in [0, 0.05) is 5.69 Å². The summed E-state index contributed by atoms with van der Waals surface area (Å²) in [5, 5.41) is 11.9. The van der Waals surface area contributed by atoms with Crippen molar-refractivity contribution in [2.24, 2.45) is 5.73 Å². The number of carbonyl (C=O) groups excluding carboxylic acids is 1. The van der Waals surface area contributed by atoms with Crippen molar-refractivity contribution in [1.82, 2.24) is 4.98 Å². The van der Waals surface area contributed by atoms with Gasteiger partial charge in [-0.05, 0) is 31.2 Å². The number of nitrogens with zero attached hydrogens (tertiary/aromatic N) is 1. The van der Waals surface area contributed by atoms with Crippen LogP contribution in [0.15, 0.2) is 34.9 Å². The topological polar surface area (TPSA) is 101 Å². The second-order valence-corrected chi connectivity index (χ2v) is 4.30. The summed E-state index contributed by atoms with van der Waals surface area (Å²) in [7, 11) is 0. The Hall–Kier alpha value is -2.25. The molecular weight excluding hydrogens is 265 g/mol. The maximum atomic E-state index is 12.7. The molecule has 0 spiro atoms. The number of aromatic nitrogens is 1. The lowest BCUT2D eigenvalue weighted by atomic mass is 10.2. The Bertz CT molecular complexity index is 595. The van der Waals surface area contributed by atoms with Gasteiger partial charge in [-0.15, -0.1) is 0 Å². The van der Waals surface area contributed by atoms with Gasteiger partial charge in [0.1, 0.15) is 18.1 Å². The van der Waals surface area contributed by atoms with Crippen molar-refractivity contribution < 1.29 is 18.7 Å². The number of carbonyl (C=O) groups is 1. The van der Waals surface area contributed by atoms with Gasteiger partial charge in [0.2, 0.25) is 5.89 Å². The molecule has 2 unspecified atom stereocenters. The summed E-state index contributed by atoms with van der Waals surface area (Å²) in [6.07, 6.45) is 0.304. The molecule has 0 saturated heterocycles. The van der Waals surface area contributed by atoms with Crippen molar-refractivity contribution >= 4 is 11.6 Å². The first-order chi connectivity index (χ1) is 9.47. The maximum absolute atomic E-state index is 12.7. The quantitative estimate of drug-likeness (QED) is 0.786. The number of amides is 1. The molecule has 0 aliphatic rings. The predicted molar refractivity (Wildman–Crippen MR) is 69.5 cm³/mol. The first-order valence-corrected chi connectivity index (χ1v) is 5.93. The van der Waals surface area contributed by atoms with Gasteiger partial charge in [0.05, 0.1) is 6.10 Å². The molecule has 1 heterocycles. The van der Waals surface area contributed by atoms with E-state index in [4.69, 9.17) is 10.2 Å². The van der Waals surface area contributed by atoms with Crippen molar-refractivity contribution in [2.45, 2.75) is 19.1 Å². The molecule has 0 saturated carbocycles. The number of anilines is 1. The third-order valence-corrected chi connectivity index (χ3v) is 2.66. The van der Waals surface area contributed by atoms with E-state index in [-0.39, 0.29) is 11.6 Å². The van der Waals surface area contributed by atoms with E-state index in [1.807, 2.05) is 0 Å². The van der Waals surface area contributed by atoms with Gasteiger partial charge >= 0.3 is 0 Å². The smallest absolute Gasteiger partial charge is 0.277 e. The molecular formula is C13H14FN3O3. The summed E-state index contributed by atoms with van der Waals surface area (Å²) in [5.74, 6) is -0.830. The van der Waals surface area contributed by atoms with Crippen LogP contribution in [0.25, 0.3) is 0 Å². The summed E-state index contributed by atoms with van der Waals surface area (Å²) in [6.45, 7) is 1.49. The molecule has 0 aliphatic carbocycles. The number of rotatable bonds is 4. The molecule has 0 aliphatic heterocycles. The first-order valence-electron chi connectivity index (χ1n) is 5.93. The zero-order valence-corrected chi connectivity index (χ0v) is 10.7. The lowest BCUT2D eigenvalue weighted by Crippen LogP contribution is -2.23. The van der Waals surface area contributed by atoms with E-state index in [1.54, 1.807) is 0 Å². The maximum Gasteiger partial charge on any atom is 0.277 e. The van der Waals surface area contributed by atoms with Gasteiger partial charge in [-0.25, -0.2) is 9.37 Å². The average Bonchev–Trinajstić information content (AvgIpc) is 2.90. The van der Waals surface area contributed by atoms with Crippen LogP contribution < -0.4 is 11.1 Å². The minimum Gasteiger partial charge on any atom is -0.446 e. The number of oxazole rings is 1. The van der Waals surface area contributed by atoms with Crippen LogP contribution in [0.5, 0.6) is 0 Å². The number of halogens is 1. The van der Waals surface area contributed by atoms with Crippen molar-refractivity contribution in [3.8, 4) is 0 Å². The van der Waals surface area contributed by atoms with Crippen LogP contribution in [0.4, 0.5) is 10.1 Å². The third-order valence-electron chi connectivity index (χ3n) is 2.66. The summed E-state index contributed by atoms with van der Waals surface area (Å²) < 4.78 is 17.8. The van der Waals surface area contributed by atoms with E-state index >= 15 is 0 Å². The van der Waals surface area contributed by atoms with Crippen LogP contribution in [-0.4, -0.2) is 22.1 Å². The molecule has 20 heavy (non-hydrogen) atoms. The largest absolute Gasteiger partial charge is 0.446 e. The molecule has 1 aromatic heterocycles. The highest BCUT2D eigenvalue weighted by Crippen LogP contribution is 2.15. The molecule has 7 heteroatoms. The lowest BCUT2D eigenvalue weighted by molar-refractivity contribution is 0.102. The van der Waals surface area contributed by atoms with Gasteiger partial charge < -0.3 is 20.6 Å². The van der Waals surface area contributed by atoms with Gasteiger partial charge in [0.15, 0.2) is 5.69 Å². The molecule has 2 aromatic rings. The normalized spacial score (nSPS) is 13.8. The van der Waals surface area contributed by atoms with E-state index < -0.39 is 23.9 Å². The molecule has 4 N–H and O–H groups in total. The van der Waals surface area contributed by atoms with Crippen LogP contribution in [0.2, 0.25) is 0 Å². The molecule has 106 valence electrons. The van der Waals surface area contributed by atoms with Crippen LogP contribution in [0, 0.1) is 5.82 Å². The fourth-order valence-corrected chi connectivity index (χ4v) is 1.48. The summed E-state index contributed by atoms with van der Waals surface area (Å²) in [6, 6.07) is 4.51. The Morgan fingerprint density at radius 1 is 1.45 bits per heavy atom. The number of aliphatic hydroxyl groups is 1. The number of nitrogens with one attached hydrogen (secondary N) is 1. The zero-order chi connectivity index (χ0) is 14.7. The minimum absolute atomic E-state index is 0.0282. The van der Waals surface area contributed by atoms with Gasteiger partial charge in [0.25, 0.3) is 5.91 Å². The number of hydrogen-bond donors (Lipinski definition) is 3. The highest BCUT2D eigenvalue weighted by atomic mass is 19.1. The van der Waals surface area contributed by atoms with E-state index in [9.17, 15) is 14.3 Å². The Balaban J connectivity index is 2.08. The van der Waals surface area contributed by atoms with E-state index in [2.05, 4.69) is 10.3 Å². The molecule has 0 bridgehead atoms. The van der Waals surface area contributed by atoms with Crippen LogP contribution in [-0.2, 0) is 0 Å². The first kappa shape index (κ1) is 14.2. The second-order valence-electron chi connectivity index (χ2n) is 4.30. The Morgan fingerprint density at radius 2 is 2.10 bits per heavy atom. The fourth-order valence-electron chi connectivity index (χ4n) is 1.48. The van der Waals surface area contributed by atoms with Crippen molar-refractivity contribution in [1.29, 1.82) is 0 Å². The molecule has 2 atom stereocenters. The second kappa shape index (κ2) is 5.81. The Morgan fingerprint density at radius 3 is 2.70 bits per heavy atom. The minimum atomic E-state index is -0.846. The molecule has 2 rings (SSSR count).